The Kier molecular flexibility index (Phi) is 4.31. The monoisotopic (exact) mass is 380 g/mol. The number of imidazole rings is 1. The Morgan fingerprint density at radius 1 is 1.39 bits per heavy atom. The molecule has 0 N–H and O–H groups in total. The summed E-state index contributed by atoms with van der Waals surface area (Å²) in [5.74, 6) is 0. The molecule has 1 atom stereocenters. The SMILES string of the molecule is CC(C)(C)OC(=O)N1CCCC(n2cnc3cnc(Br)cc32)C1. The number of rotatable bonds is 1. The van der Waals surface area contributed by atoms with Crippen LogP contribution in [0.15, 0.2) is 23.2 Å². The van der Waals surface area contributed by atoms with Gasteiger partial charge >= 0.3 is 6.09 Å². The van der Waals surface area contributed by atoms with Crippen LogP contribution in [0, 0.1) is 0 Å². The predicted octanol–water partition coefficient (Wildman–Crippen LogP) is 3.77. The number of carbonyl (C=O) groups excluding carboxylic acids is 1. The summed E-state index contributed by atoms with van der Waals surface area (Å²) in [5.41, 5.74) is 1.42. The Morgan fingerprint density at radius 3 is 2.91 bits per heavy atom. The van der Waals surface area contributed by atoms with Gasteiger partial charge in [-0.3, -0.25) is 0 Å². The van der Waals surface area contributed by atoms with Crippen molar-refractivity contribution >= 4 is 33.1 Å². The van der Waals surface area contributed by atoms with Gasteiger partial charge in [-0.05, 0) is 55.6 Å². The molecule has 7 heteroatoms. The molecule has 1 aliphatic rings. The summed E-state index contributed by atoms with van der Waals surface area (Å²) in [5, 5.41) is 0. The van der Waals surface area contributed by atoms with Crippen LogP contribution in [0.1, 0.15) is 39.7 Å². The zero-order chi connectivity index (χ0) is 16.6. The van der Waals surface area contributed by atoms with E-state index in [1.165, 1.54) is 0 Å². The highest BCUT2D eigenvalue weighted by Gasteiger charge is 2.29. The van der Waals surface area contributed by atoms with Gasteiger partial charge in [-0.25, -0.2) is 14.8 Å². The van der Waals surface area contributed by atoms with E-state index in [1.807, 2.05) is 33.2 Å². The normalized spacial score (nSPS) is 19.1. The number of hydrogen-bond donors (Lipinski definition) is 0. The molecule has 1 saturated heterocycles. The Hall–Kier alpha value is -1.63. The lowest BCUT2D eigenvalue weighted by Crippen LogP contribution is -2.43. The molecule has 0 radical (unpaired) electrons. The Morgan fingerprint density at radius 2 is 2.17 bits per heavy atom. The molecule has 23 heavy (non-hydrogen) atoms. The number of likely N-dealkylation sites (tertiary alicyclic amines) is 1. The van der Waals surface area contributed by atoms with Crippen LogP contribution in [0.4, 0.5) is 4.79 Å². The zero-order valence-corrected chi connectivity index (χ0v) is 15.2. The highest BCUT2D eigenvalue weighted by atomic mass is 79.9. The molecule has 0 bridgehead atoms. The average molecular weight is 381 g/mol. The molecule has 0 saturated carbocycles. The molecular formula is C16H21BrN4O2. The highest BCUT2D eigenvalue weighted by Crippen LogP contribution is 2.27. The minimum Gasteiger partial charge on any atom is -0.444 e. The molecule has 2 aromatic heterocycles. The first-order chi connectivity index (χ1) is 10.8. The standard InChI is InChI=1S/C16H21BrN4O2/c1-16(2,3)23-15(22)20-6-4-5-11(9-20)21-10-19-12-8-18-14(17)7-13(12)21/h7-8,10-11H,4-6,9H2,1-3H3. The maximum atomic E-state index is 12.3. The number of ether oxygens (including phenoxy) is 1. The van der Waals surface area contributed by atoms with E-state index >= 15 is 0 Å². The van der Waals surface area contributed by atoms with Gasteiger partial charge in [0.25, 0.3) is 0 Å². The van der Waals surface area contributed by atoms with E-state index in [2.05, 4.69) is 30.5 Å². The second-order valence-corrected chi connectivity index (χ2v) is 7.68. The molecule has 0 aromatic carbocycles. The maximum Gasteiger partial charge on any atom is 0.410 e. The second-order valence-electron chi connectivity index (χ2n) is 6.87. The summed E-state index contributed by atoms with van der Waals surface area (Å²) < 4.78 is 8.42. The van der Waals surface area contributed by atoms with Gasteiger partial charge in [0.15, 0.2) is 0 Å². The van der Waals surface area contributed by atoms with Gasteiger partial charge in [-0.1, -0.05) is 0 Å². The van der Waals surface area contributed by atoms with E-state index in [1.54, 1.807) is 11.1 Å². The van der Waals surface area contributed by atoms with E-state index in [9.17, 15) is 4.79 Å². The first-order valence-electron chi connectivity index (χ1n) is 7.79. The smallest absolute Gasteiger partial charge is 0.410 e. The van der Waals surface area contributed by atoms with Crippen LogP contribution < -0.4 is 0 Å². The summed E-state index contributed by atoms with van der Waals surface area (Å²) in [4.78, 5) is 22.7. The van der Waals surface area contributed by atoms with Gasteiger partial charge in [0.05, 0.1) is 24.1 Å². The first-order valence-corrected chi connectivity index (χ1v) is 8.59. The summed E-state index contributed by atoms with van der Waals surface area (Å²) in [6, 6.07) is 2.17. The molecule has 2 aromatic rings. The highest BCUT2D eigenvalue weighted by molar-refractivity contribution is 9.10. The van der Waals surface area contributed by atoms with E-state index in [-0.39, 0.29) is 12.1 Å². The first kappa shape index (κ1) is 16.2. The summed E-state index contributed by atoms with van der Waals surface area (Å²) in [6.07, 6.45) is 5.32. The zero-order valence-electron chi connectivity index (χ0n) is 13.6. The number of hydrogen-bond acceptors (Lipinski definition) is 4. The van der Waals surface area contributed by atoms with Gasteiger partial charge in [-0.2, -0.15) is 0 Å². The fourth-order valence-corrected chi connectivity index (χ4v) is 3.19. The van der Waals surface area contributed by atoms with Crippen molar-refractivity contribution in [2.24, 2.45) is 0 Å². The van der Waals surface area contributed by atoms with Crippen molar-refractivity contribution < 1.29 is 9.53 Å². The van der Waals surface area contributed by atoms with Crippen molar-refractivity contribution in [3.8, 4) is 0 Å². The number of nitrogens with zero attached hydrogens (tertiary/aromatic N) is 4. The molecule has 124 valence electrons. The van der Waals surface area contributed by atoms with Crippen LogP contribution >= 0.6 is 15.9 Å². The van der Waals surface area contributed by atoms with Gasteiger partial charge in [0, 0.05) is 13.1 Å². The van der Waals surface area contributed by atoms with E-state index < -0.39 is 5.60 Å². The van der Waals surface area contributed by atoms with Crippen LogP contribution in [0.3, 0.4) is 0 Å². The van der Waals surface area contributed by atoms with E-state index in [0.717, 1.165) is 35.0 Å². The average Bonchev–Trinajstić information content (AvgIpc) is 2.88. The van der Waals surface area contributed by atoms with Crippen molar-refractivity contribution in [2.75, 3.05) is 13.1 Å². The number of piperidine rings is 1. The van der Waals surface area contributed by atoms with Crippen molar-refractivity contribution in [1.82, 2.24) is 19.4 Å². The van der Waals surface area contributed by atoms with Crippen molar-refractivity contribution in [2.45, 2.75) is 45.3 Å². The summed E-state index contributed by atoms with van der Waals surface area (Å²) in [6.45, 7) is 7.05. The molecule has 1 fully saturated rings. The molecule has 6 nitrogen and oxygen atoms in total. The number of halogens is 1. The maximum absolute atomic E-state index is 12.3. The molecule has 0 aliphatic carbocycles. The number of fused-ring (bicyclic) bond motifs is 1. The van der Waals surface area contributed by atoms with Crippen molar-refractivity contribution in [1.29, 1.82) is 0 Å². The molecule has 0 spiro atoms. The molecular weight excluding hydrogens is 360 g/mol. The lowest BCUT2D eigenvalue weighted by Gasteiger charge is -2.34. The Balaban J connectivity index is 1.80. The largest absolute Gasteiger partial charge is 0.444 e. The topological polar surface area (TPSA) is 60.2 Å². The van der Waals surface area contributed by atoms with Crippen LogP contribution in [0.5, 0.6) is 0 Å². The van der Waals surface area contributed by atoms with E-state index in [0.29, 0.717) is 6.54 Å². The van der Waals surface area contributed by atoms with Gasteiger partial charge in [-0.15, -0.1) is 0 Å². The van der Waals surface area contributed by atoms with Crippen LogP contribution in [-0.4, -0.2) is 44.2 Å². The summed E-state index contributed by atoms with van der Waals surface area (Å²) >= 11 is 3.41. The van der Waals surface area contributed by atoms with Crippen LogP contribution in [0.25, 0.3) is 11.0 Å². The van der Waals surface area contributed by atoms with Crippen LogP contribution in [0.2, 0.25) is 0 Å². The lowest BCUT2D eigenvalue weighted by molar-refractivity contribution is 0.0174. The third kappa shape index (κ3) is 3.65. The van der Waals surface area contributed by atoms with Gasteiger partial charge < -0.3 is 14.2 Å². The van der Waals surface area contributed by atoms with Gasteiger partial charge in [0.2, 0.25) is 0 Å². The van der Waals surface area contributed by atoms with E-state index in [4.69, 9.17) is 4.74 Å². The minimum absolute atomic E-state index is 0.204. The molecule has 1 unspecified atom stereocenters. The number of pyridine rings is 1. The minimum atomic E-state index is -0.470. The Bertz CT molecular complexity index is 722. The lowest BCUT2D eigenvalue weighted by atomic mass is 10.1. The summed E-state index contributed by atoms with van der Waals surface area (Å²) in [7, 11) is 0. The number of amides is 1. The molecule has 1 aliphatic heterocycles. The number of aromatic nitrogens is 3. The Labute approximate surface area is 144 Å². The molecule has 1 amide bonds. The van der Waals surface area contributed by atoms with Crippen molar-refractivity contribution in [3.05, 3.63) is 23.2 Å². The second kappa shape index (κ2) is 6.11. The number of carbonyl (C=O) groups is 1. The molecule has 3 rings (SSSR count). The van der Waals surface area contributed by atoms with Crippen LogP contribution in [-0.2, 0) is 4.74 Å². The third-order valence-electron chi connectivity index (χ3n) is 3.87. The van der Waals surface area contributed by atoms with Gasteiger partial charge in [0.1, 0.15) is 15.7 Å². The fourth-order valence-electron chi connectivity index (χ4n) is 2.87. The van der Waals surface area contributed by atoms with Crippen molar-refractivity contribution in [3.63, 3.8) is 0 Å². The molecule has 3 heterocycles. The predicted molar refractivity (Wildman–Crippen MR) is 91.3 cm³/mol. The third-order valence-corrected chi connectivity index (χ3v) is 4.30. The quantitative estimate of drug-likeness (QED) is 0.706. The fraction of sp³-hybridized carbons (Fsp3) is 0.562.